The van der Waals surface area contributed by atoms with Crippen molar-refractivity contribution in [3.05, 3.63) is 24.3 Å². The van der Waals surface area contributed by atoms with Gasteiger partial charge in [0.25, 0.3) is 0 Å². The highest BCUT2D eigenvalue weighted by Crippen LogP contribution is 2.29. The van der Waals surface area contributed by atoms with Crippen LogP contribution >= 0.6 is 11.9 Å². The molecule has 0 radical (unpaired) electrons. The molecule has 2 N–H and O–H groups in total. The second kappa shape index (κ2) is 17.7. The lowest BCUT2D eigenvalue weighted by atomic mass is 9.91. The molecule has 6 unspecified atom stereocenters. The summed E-state index contributed by atoms with van der Waals surface area (Å²) in [5, 5.41) is 3.08. The average molecular weight is 553 g/mol. The van der Waals surface area contributed by atoms with Crippen molar-refractivity contribution < 1.29 is 19.1 Å². The zero-order valence-corrected chi connectivity index (χ0v) is 26.1. The molecule has 8 nitrogen and oxygen atoms in total. The third-order valence-corrected chi connectivity index (χ3v) is 8.28. The molecule has 1 aromatic carbocycles. The van der Waals surface area contributed by atoms with Crippen LogP contribution in [-0.2, 0) is 19.1 Å². The van der Waals surface area contributed by atoms with Gasteiger partial charge in [0.05, 0.1) is 30.6 Å². The Morgan fingerprint density at radius 3 is 2.26 bits per heavy atom. The summed E-state index contributed by atoms with van der Waals surface area (Å²) in [7, 11) is 9.27. The second-order valence-electron chi connectivity index (χ2n) is 9.95. The van der Waals surface area contributed by atoms with Crippen molar-refractivity contribution >= 4 is 29.4 Å². The average Bonchev–Trinajstić information content (AvgIpc) is 3.42. The van der Waals surface area contributed by atoms with Crippen LogP contribution < -0.4 is 10.0 Å². The summed E-state index contributed by atoms with van der Waals surface area (Å²) in [5.41, 5.74) is 1.02. The van der Waals surface area contributed by atoms with Gasteiger partial charge < -0.3 is 24.6 Å². The lowest BCUT2D eigenvalue weighted by Gasteiger charge is -2.38. The number of hydrogen-bond acceptors (Lipinski definition) is 7. The van der Waals surface area contributed by atoms with Crippen molar-refractivity contribution in [2.45, 2.75) is 89.5 Å². The van der Waals surface area contributed by atoms with Gasteiger partial charge in [0.1, 0.15) is 0 Å². The van der Waals surface area contributed by atoms with Gasteiger partial charge in [-0.3, -0.25) is 14.3 Å². The molecule has 9 heteroatoms. The smallest absolute Gasteiger partial charge is 0.235 e. The highest BCUT2D eigenvalue weighted by atomic mass is 32.2. The first-order valence-electron chi connectivity index (χ1n) is 13.9. The third-order valence-electron chi connectivity index (χ3n) is 7.47. The van der Waals surface area contributed by atoms with Gasteiger partial charge in [-0.05, 0) is 69.1 Å². The van der Waals surface area contributed by atoms with Gasteiger partial charge in [0.2, 0.25) is 11.8 Å². The highest BCUT2D eigenvalue weighted by molar-refractivity contribution is 7.98. The molecule has 0 aromatic heterocycles. The van der Waals surface area contributed by atoms with Crippen LogP contribution in [0, 0.1) is 11.8 Å². The van der Waals surface area contributed by atoms with Gasteiger partial charge in [0.15, 0.2) is 0 Å². The van der Waals surface area contributed by atoms with Gasteiger partial charge in [0, 0.05) is 44.4 Å². The molecule has 218 valence electrons. The SMILES string of the molecule is CC.CCC(C)C(C(CC(=O)N1CCCC1C(OC)C(C)C(=O)NSc1ccc(NC)cc1)OC)N(C)C. The zero-order valence-electron chi connectivity index (χ0n) is 25.2. The molecule has 1 fully saturated rings. The molecular weight excluding hydrogens is 500 g/mol. The van der Waals surface area contributed by atoms with Gasteiger partial charge in [-0.2, -0.15) is 0 Å². The van der Waals surface area contributed by atoms with Crippen LogP contribution in [0.25, 0.3) is 0 Å². The quantitative estimate of drug-likeness (QED) is 0.318. The van der Waals surface area contributed by atoms with Crippen LogP contribution in [0.15, 0.2) is 29.2 Å². The van der Waals surface area contributed by atoms with E-state index in [0.29, 0.717) is 18.9 Å². The molecule has 1 aliphatic rings. The van der Waals surface area contributed by atoms with E-state index in [9.17, 15) is 9.59 Å². The Balaban J connectivity index is 0.00000352. The summed E-state index contributed by atoms with van der Waals surface area (Å²) >= 11 is 1.29. The van der Waals surface area contributed by atoms with Crippen LogP contribution in [0.4, 0.5) is 5.69 Å². The Kier molecular flexibility index (Phi) is 16.0. The van der Waals surface area contributed by atoms with Crippen LogP contribution in [-0.4, -0.2) is 87.8 Å². The summed E-state index contributed by atoms with van der Waals surface area (Å²) < 4.78 is 14.6. The molecule has 1 aliphatic heterocycles. The molecule has 0 spiro atoms. The standard InChI is InChI=1S/C27H46N4O4S.C2H6/c1-9-18(2)25(30(5)6)23(34-7)17-24(32)31-16-10-11-22(31)26(35-8)19(3)27(33)29-36-21-14-12-20(28-4)13-15-21;1-2/h12-15,18-19,22-23,25-26,28H,9-11,16-17H2,1-8H3,(H,29,33);1-2H3. The van der Waals surface area contributed by atoms with Crippen molar-refractivity contribution in [3.63, 3.8) is 0 Å². The Morgan fingerprint density at radius 2 is 1.76 bits per heavy atom. The minimum atomic E-state index is -0.412. The first-order chi connectivity index (χ1) is 18.2. The van der Waals surface area contributed by atoms with E-state index in [2.05, 4.69) is 28.8 Å². The first-order valence-corrected chi connectivity index (χ1v) is 14.8. The molecule has 2 rings (SSSR count). The molecule has 1 saturated heterocycles. The van der Waals surface area contributed by atoms with Crippen LogP contribution in [0.2, 0.25) is 0 Å². The van der Waals surface area contributed by atoms with E-state index in [0.717, 1.165) is 29.8 Å². The molecule has 38 heavy (non-hydrogen) atoms. The van der Waals surface area contributed by atoms with Gasteiger partial charge >= 0.3 is 0 Å². The number of amides is 2. The highest BCUT2D eigenvalue weighted by Gasteiger charge is 2.41. The van der Waals surface area contributed by atoms with Crippen molar-refractivity contribution in [2.75, 3.05) is 47.2 Å². The number of rotatable bonds is 14. The minimum Gasteiger partial charge on any atom is -0.388 e. The molecule has 1 aromatic rings. The summed E-state index contributed by atoms with van der Waals surface area (Å²) in [6.07, 6.45) is 2.47. The largest absolute Gasteiger partial charge is 0.388 e. The van der Waals surface area contributed by atoms with Gasteiger partial charge in [-0.1, -0.05) is 41.0 Å². The van der Waals surface area contributed by atoms with Crippen LogP contribution in [0.1, 0.15) is 60.3 Å². The molecule has 2 amide bonds. The molecule has 0 saturated carbocycles. The number of methoxy groups -OCH3 is 2. The predicted molar refractivity (Wildman–Crippen MR) is 158 cm³/mol. The second-order valence-corrected chi connectivity index (χ2v) is 10.8. The maximum atomic E-state index is 13.5. The number of carbonyl (C=O) groups is 2. The Hall–Kier alpha value is -1.81. The number of likely N-dealkylation sites (N-methyl/N-ethyl adjacent to an activating group) is 1. The maximum absolute atomic E-state index is 13.5. The van der Waals surface area contributed by atoms with E-state index in [1.165, 1.54) is 11.9 Å². The third kappa shape index (κ3) is 9.43. The van der Waals surface area contributed by atoms with Gasteiger partial charge in [-0.15, -0.1) is 0 Å². The van der Waals surface area contributed by atoms with Gasteiger partial charge in [-0.25, -0.2) is 0 Å². The zero-order chi connectivity index (χ0) is 28.8. The lowest BCUT2D eigenvalue weighted by Crippen LogP contribution is -2.51. The number of anilines is 1. The van der Waals surface area contributed by atoms with E-state index in [4.69, 9.17) is 9.47 Å². The predicted octanol–water partition coefficient (Wildman–Crippen LogP) is 4.90. The molecule has 6 atom stereocenters. The Bertz CT molecular complexity index is 823. The summed E-state index contributed by atoms with van der Waals surface area (Å²) in [4.78, 5) is 31.5. The Morgan fingerprint density at radius 1 is 1.13 bits per heavy atom. The molecular formula is C29H52N4O4S. The van der Waals surface area contributed by atoms with E-state index in [1.54, 1.807) is 14.2 Å². The Labute approximate surface area is 235 Å². The fourth-order valence-corrected chi connectivity index (χ4v) is 5.94. The van der Waals surface area contributed by atoms with E-state index in [1.807, 2.05) is 71.1 Å². The number of benzene rings is 1. The number of hydrogen-bond donors (Lipinski definition) is 2. The lowest BCUT2D eigenvalue weighted by molar-refractivity contribution is -0.142. The number of nitrogens with one attached hydrogen (secondary N) is 2. The maximum Gasteiger partial charge on any atom is 0.235 e. The molecule has 0 bridgehead atoms. The van der Waals surface area contributed by atoms with Crippen molar-refractivity contribution in [3.8, 4) is 0 Å². The van der Waals surface area contributed by atoms with E-state index in [-0.39, 0.29) is 36.1 Å². The van der Waals surface area contributed by atoms with Crippen molar-refractivity contribution in [1.82, 2.24) is 14.5 Å². The van der Waals surface area contributed by atoms with Crippen LogP contribution in [0.5, 0.6) is 0 Å². The fourth-order valence-electron chi connectivity index (χ4n) is 5.26. The molecule has 1 heterocycles. The normalized spacial score (nSPS) is 19.1. The van der Waals surface area contributed by atoms with E-state index >= 15 is 0 Å². The number of ether oxygens (including phenoxy) is 2. The number of nitrogens with zero attached hydrogens (tertiary/aromatic N) is 2. The van der Waals surface area contributed by atoms with Crippen molar-refractivity contribution in [1.29, 1.82) is 0 Å². The summed E-state index contributed by atoms with van der Waals surface area (Å²) in [6.45, 7) is 10.9. The number of carbonyl (C=O) groups excluding carboxylic acids is 2. The monoisotopic (exact) mass is 552 g/mol. The van der Waals surface area contributed by atoms with E-state index < -0.39 is 5.92 Å². The molecule has 0 aliphatic carbocycles. The number of likely N-dealkylation sites (tertiary alicyclic amines) is 1. The fraction of sp³-hybridized carbons (Fsp3) is 0.724. The topological polar surface area (TPSA) is 83.1 Å². The van der Waals surface area contributed by atoms with Crippen LogP contribution in [0.3, 0.4) is 0 Å². The summed E-state index contributed by atoms with van der Waals surface area (Å²) in [5.74, 6) is -0.0592. The minimum absolute atomic E-state index is 0.0631. The van der Waals surface area contributed by atoms with Crippen molar-refractivity contribution in [2.24, 2.45) is 11.8 Å². The summed E-state index contributed by atoms with van der Waals surface area (Å²) in [6, 6.07) is 7.85. The first kappa shape index (κ1) is 34.2.